The summed E-state index contributed by atoms with van der Waals surface area (Å²) in [5, 5.41) is 14.0. The summed E-state index contributed by atoms with van der Waals surface area (Å²) in [4.78, 5) is 16.7. The molecule has 0 atom stereocenters. The van der Waals surface area contributed by atoms with E-state index in [9.17, 15) is 10.1 Å². The topological polar surface area (TPSA) is 71.3 Å². The van der Waals surface area contributed by atoms with Gasteiger partial charge in [0.1, 0.15) is 0 Å². The molecule has 2 aromatic rings. The summed E-state index contributed by atoms with van der Waals surface area (Å²) in [5.74, 6) is 0.628. The molecule has 0 unspecified atom stereocenters. The van der Waals surface area contributed by atoms with Crippen LogP contribution in [0.4, 0.5) is 17.1 Å². The Morgan fingerprint density at radius 2 is 1.78 bits per heavy atom. The van der Waals surface area contributed by atoms with Gasteiger partial charge in [-0.2, -0.15) is 0 Å². The highest BCUT2D eigenvalue weighted by Crippen LogP contribution is 2.23. The second kappa shape index (κ2) is 7.09. The van der Waals surface area contributed by atoms with E-state index in [1.165, 1.54) is 17.8 Å². The molecule has 0 aliphatic carbocycles. The Hall–Kier alpha value is -2.63. The largest absolute Gasteiger partial charge is 0.385 e. The van der Waals surface area contributed by atoms with Gasteiger partial charge in [0, 0.05) is 55.5 Å². The average molecular weight is 312 g/mol. The molecule has 6 heteroatoms. The highest BCUT2D eigenvalue weighted by Gasteiger charge is 2.19. The molecule has 1 fully saturated rings. The van der Waals surface area contributed by atoms with Crippen molar-refractivity contribution in [3.8, 4) is 0 Å². The van der Waals surface area contributed by atoms with Gasteiger partial charge in [0.2, 0.25) is 0 Å². The van der Waals surface area contributed by atoms with Crippen LogP contribution in [0.3, 0.4) is 0 Å². The predicted octanol–water partition coefficient (Wildman–Crippen LogP) is 3.32. The van der Waals surface area contributed by atoms with Crippen molar-refractivity contribution in [2.24, 2.45) is 5.92 Å². The van der Waals surface area contributed by atoms with Crippen LogP contribution in [0, 0.1) is 16.0 Å². The summed E-state index contributed by atoms with van der Waals surface area (Å²) in [6.07, 6.45) is 5.94. The Balaban J connectivity index is 1.46. The SMILES string of the molecule is O=[N+]([O-])c1ccc(NCC2CCN(c3ccncc3)CC2)cc1. The quantitative estimate of drug-likeness (QED) is 0.677. The molecule has 2 heterocycles. The highest BCUT2D eigenvalue weighted by molar-refractivity contribution is 5.48. The standard InChI is InChI=1S/C17H20N4O2/c22-21(23)17-3-1-15(2-4-17)19-13-14-7-11-20(12-8-14)16-5-9-18-10-6-16/h1-6,9-10,14,19H,7-8,11-13H2. The van der Waals surface area contributed by atoms with Crippen molar-refractivity contribution in [3.05, 3.63) is 58.9 Å². The lowest BCUT2D eigenvalue weighted by Crippen LogP contribution is -2.35. The summed E-state index contributed by atoms with van der Waals surface area (Å²) < 4.78 is 0. The lowest BCUT2D eigenvalue weighted by atomic mass is 9.96. The van der Waals surface area contributed by atoms with Gasteiger partial charge >= 0.3 is 0 Å². The number of nitro groups is 1. The van der Waals surface area contributed by atoms with Gasteiger partial charge in [-0.3, -0.25) is 15.1 Å². The smallest absolute Gasteiger partial charge is 0.269 e. The number of nitrogens with one attached hydrogen (secondary N) is 1. The van der Waals surface area contributed by atoms with Crippen molar-refractivity contribution in [1.29, 1.82) is 0 Å². The van der Waals surface area contributed by atoms with Crippen molar-refractivity contribution in [3.63, 3.8) is 0 Å². The molecule has 0 saturated carbocycles. The first-order valence-electron chi connectivity index (χ1n) is 7.85. The van der Waals surface area contributed by atoms with E-state index in [1.54, 1.807) is 12.1 Å². The molecule has 23 heavy (non-hydrogen) atoms. The number of pyridine rings is 1. The zero-order valence-electron chi connectivity index (χ0n) is 12.9. The fraction of sp³-hybridized carbons (Fsp3) is 0.353. The van der Waals surface area contributed by atoms with Gasteiger partial charge in [-0.25, -0.2) is 0 Å². The third kappa shape index (κ3) is 3.97. The van der Waals surface area contributed by atoms with E-state index < -0.39 is 0 Å². The highest BCUT2D eigenvalue weighted by atomic mass is 16.6. The van der Waals surface area contributed by atoms with Gasteiger partial charge in [0.15, 0.2) is 0 Å². The van der Waals surface area contributed by atoms with Gasteiger partial charge in [-0.1, -0.05) is 0 Å². The molecule has 0 spiro atoms. The number of non-ortho nitro benzene ring substituents is 1. The number of nitro benzene ring substituents is 1. The summed E-state index contributed by atoms with van der Waals surface area (Å²) in [7, 11) is 0. The van der Waals surface area contributed by atoms with Crippen LogP contribution >= 0.6 is 0 Å². The number of hydrogen-bond donors (Lipinski definition) is 1. The van der Waals surface area contributed by atoms with E-state index in [2.05, 4.69) is 27.3 Å². The fourth-order valence-corrected chi connectivity index (χ4v) is 2.91. The number of piperidine rings is 1. The van der Waals surface area contributed by atoms with Crippen molar-refractivity contribution in [2.75, 3.05) is 29.9 Å². The summed E-state index contributed by atoms with van der Waals surface area (Å²) in [5.41, 5.74) is 2.30. The van der Waals surface area contributed by atoms with Crippen LogP contribution in [0.15, 0.2) is 48.8 Å². The minimum absolute atomic E-state index is 0.126. The number of hydrogen-bond acceptors (Lipinski definition) is 5. The number of anilines is 2. The molecule has 3 rings (SSSR count). The molecule has 0 amide bonds. The molecular formula is C17H20N4O2. The lowest BCUT2D eigenvalue weighted by Gasteiger charge is -2.33. The molecular weight excluding hydrogens is 292 g/mol. The average Bonchev–Trinajstić information content (AvgIpc) is 2.61. The Morgan fingerprint density at radius 3 is 2.39 bits per heavy atom. The maximum absolute atomic E-state index is 10.6. The van der Waals surface area contributed by atoms with E-state index in [-0.39, 0.29) is 10.6 Å². The van der Waals surface area contributed by atoms with Crippen molar-refractivity contribution in [1.82, 2.24) is 4.98 Å². The lowest BCUT2D eigenvalue weighted by molar-refractivity contribution is -0.384. The van der Waals surface area contributed by atoms with Crippen LogP contribution in [-0.4, -0.2) is 29.5 Å². The van der Waals surface area contributed by atoms with Crippen LogP contribution in [0.25, 0.3) is 0 Å². The molecule has 120 valence electrons. The molecule has 1 aromatic heterocycles. The van der Waals surface area contributed by atoms with Crippen LogP contribution in [0.2, 0.25) is 0 Å². The van der Waals surface area contributed by atoms with Crippen molar-refractivity contribution < 1.29 is 4.92 Å². The van der Waals surface area contributed by atoms with Gasteiger partial charge in [-0.05, 0) is 43.0 Å². The first-order valence-corrected chi connectivity index (χ1v) is 7.85. The minimum atomic E-state index is -0.376. The Morgan fingerprint density at radius 1 is 1.13 bits per heavy atom. The van der Waals surface area contributed by atoms with Gasteiger partial charge in [-0.15, -0.1) is 0 Å². The predicted molar refractivity (Wildman–Crippen MR) is 90.8 cm³/mol. The molecule has 0 radical (unpaired) electrons. The summed E-state index contributed by atoms with van der Waals surface area (Å²) >= 11 is 0. The summed E-state index contributed by atoms with van der Waals surface area (Å²) in [6.45, 7) is 3.01. The fourth-order valence-electron chi connectivity index (χ4n) is 2.91. The molecule has 6 nitrogen and oxygen atoms in total. The second-order valence-electron chi connectivity index (χ2n) is 5.82. The number of aromatic nitrogens is 1. The normalized spacial score (nSPS) is 15.4. The van der Waals surface area contributed by atoms with Gasteiger partial charge in [0.05, 0.1) is 4.92 Å². The van der Waals surface area contributed by atoms with Crippen molar-refractivity contribution in [2.45, 2.75) is 12.8 Å². The number of rotatable bonds is 5. The van der Waals surface area contributed by atoms with Crippen molar-refractivity contribution >= 4 is 17.1 Å². The first-order chi connectivity index (χ1) is 11.2. The van der Waals surface area contributed by atoms with E-state index in [0.29, 0.717) is 5.92 Å². The van der Waals surface area contributed by atoms with E-state index >= 15 is 0 Å². The number of benzene rings is 1. The Bertz CT molecular complexity index is 637. The molecule has 1 aliphatic rings. The second-order valence-corrected chi connectivity index (χ2v) is 5.82. The monoisotopic (exact) mass is 312 g/mol. The molecule has 1 aromatic carbocycles. The third-order valence-electron chi connectivity index (χ3n) is 4.32. The molecule has 0 bridgehead atoms. The number of nitrogens with zero attached hydrogens (tertiary/aromatic N) is 3. The zero-order chi connectivity index (χ0) is 16.1. The van der Waals surface area contributed by atoms with Crippen LogP contribution in [0.1, 0.15) is 12.8 Å². The Labute approximate surface area is 135 Å². The summed E-state index contributed by atoms with van der Waals surface area (Å²) in [6, 6.07) is 10.7. The van der Waals surface area contributed by atoms with Gasteiger partial charge < -0.3 is 10.2 Å². The maximum Gasteiger partial charge on any atom is 0.269 e. The zero-order valence-corrected chi connectivity index (χ0v) is 12.9. The van der Waals surface area contributed by atoms with Crippen LogP contribution in [-0.2, 0) is 0 Å². The van der Waals surface area contributed by atoms with Gasteiger partial charge in [0.25, 0.3) is 5.69 Å². The maximum atomic E-state index is 10.6. The molecule has 1 saturated heterocycles. The Kier molecular flexibility index (Phi) is 4.71. The van der Waals surface area contributed by atoms with E-state index in [0.717, 1.165) is 38.2 Å². The third-order valence-corrected chi connectivity index (χ3v) is 4.32. The molecule has 1 aliphatic heterocycles. The first kappa shape index (κ1) is 15.3. The van der Waals surface area contributed by atoms with Crippen LogP contribution in [0.5, 0.6) is 0 Å². The van der Waals surface area contributed by atoms with E-state index in [4.69, 9.17) is 0 Å². The minimum Gasteiger partial charge on any atom is -0.385 e. The van der Waals surface area contributed by atoms with E-state index in [1.807, 2.05) is 12.4 Å². The molecule has 1 N–H and O–H groups in total. The van der Waals surface area contributed by atoms with Crippen LogP contribution < -0.4 is 10.2 Å².